The van der Waals surface area contributed by atoms with Crippen LogP contribution in [0.25, 0.3) is 0 Å². The van der Waals surface area contributed by atoms with E-state index in [0.717, 1.165) is 13.0 Å². The van der Waals surface area contributed by atoms with Crippen molar-refractivity contribution in [3.8, 4) is 5.75 Å². The van der Waals surface area contributed by atoms with Crippen LogP contribution in [0.3, 0.4) is 0 Å². The normalized spacial score (nSPS) is 9.00. The molecule has 1 aromatic carbocycles. The number of aromatic nitrogens is 2. The predicted octanol–water partition coefficient (Wildman–Crippen LogP) is -1.21. The van der Waals surface area contributed by atoms with Gasteiger partial charge < -0.3 is 28.6 Å². The Morgan fingerprint density at radius 3 is 2.52 bits per heavy atom. The van der Waals surface area contributed by atoms with E-state index in [9.17, 15) is 0 Å². The van der Waals surface area contributed by atoms with Crippen LogP contribution in [0.5, 0.6) is 5.75 Å². The second-order valence-corrected chi connectivity index (χ2v) is 4.32. The predicted molar refractivity (Wildman–Crippen MR) is 85.5 cm³/mol. The van der Waals surface area contributed by atoms with Crippen LogP contribution in [-0.4, -0.2) is 11.2 Å². The Bertz CT molecular complexity index is 534. The van der Waals surface area contributed by atoms with Crippen molar-refractivity contribution in [3.63, 3.8) is 0 Å². The van der Waals surface area contributed by atoms with Crippen molar-refractivity contribution in [3.05, 3.63) is 36.9 Å². The molecule has 4 N–H and O–H groups in total. The molecule has 0 bridgehead atoms. The highest BCUT2D eigenvalue weighted by atomic mass is 35.5. The maximum absolute atomic E-state index is 5.80. The van der Waals surface area contributed by atoms with Crippen molar-refractivity contribution in [2.45, 2.75) is 13.0 Å². The SMILES string of the molecule is C[n+]1ccn(CCCOc2ccc(N)cc2N)c1.Cl.Cl.[Cl-]. The lowest BCUT2D eigenvalue weighted by Gasteiger charge is -2.08. The zero-order chi connectivity index (χ0) is 13.0. The molecule has 0 aliphatic heterocycles. The lowest BCUT2D eigenvalue weighted by atomic mass is 10.2. The molecule has 0 saturated heterocycles. The van der Waals surface area contributed by atoms with Crippen molar-refractivity contribution < 1.29 is 21.7 Å². The molecule has 0 spiro atoms. The summed E-state index contributed by atoms with van der Waals surface area (Å²) in [5, 5.41) is 0. The van der Waals surface area contributed by atoms with Gasteiger partial charge in [-0.05, 0) is 18.2 Å². The number of rotatable bonds is 5. The van der Waals surface area contributed by atoms with E-state index in [1.165, 1.54) is 0 Å². The zero-order valence-corrected chi connectivity index (χ0v) is 14.1. The van der Waals surface area contributed by atoms with Gasteiger partial charge in [0.15, 0.2) is 0 Å². The van der Waals surface area contributed by atoms with Gasteiger partial charge in [-0.2, -0.15) is 0 Å². The lowest BCUT2D eigenvalue weighted by molar-refractivity contribution is -0.671. The lowest BCUT2D eigenvalue weighted by Crippen LogP contribution is -3.00. The third-order valence-electron chi connectivity index (χ3n) is 2.68. The minimum atomic E-state index is 0. The van der Waals surface area contributed by atoms with Gasteiger partial charge >= 0.3 is 0 Å². The van der Waals surface area contributed by atoms with Gasteiger partial charge in [0.2, 0.25) is 6.33 Å². The summed E-state index contributed by atoms with van der Waals surface area (Å²) in [6.45, 7) is 1.56. The topological polar surface area (TPSA) is 70.1 Å². The Labute approximate surface area is 143 Å². The number of hydrogen-bond donors (Lipinski definition) is 2. The molecule has 0 amide bonds. The molecule has 2 aromatic rings. The highest BCUT2D eigenvalue weighted by Gasteiger charge is 2.02. The van der Waals surface area contributed by atoms with E-state index in [-0.39, 0.29) is 37.2 Å². The fourth-order valence-corrected chi connectivity index (χ4v) is 1.76. The fourth-order valence-electron chi connectivity index (χ4n) is 1.76. The summed E-state index contributed by atoms with van der Waals surface area (Å²) in [5.41, 5.74) is 12.7. The molecule has 0 aliphatic rings. The first-order valence-electron chi connectivity index (χ1n) is 5.94. The summed E-state index contributed by atoms with van der Waals surface area (Å²) in [4.78, 5) is 0. The molecule has 0 atom stereocenters. The number of nitrogens with two attached hydrogens (primary N) is 2. The van der Waals surface area contributed by atoms with Crippen molar-refractivity contribution >= 4 is 36.2 Å². The molecule has 2 rings (SSSR count). The first kappa shape index (κ1) is 22.0. The molecular formula is C13H21Cl3N4O. The summed E-state index contributed by atoms with van der Waals surface area (Å²) in [6, 6.07) is 5.30. The highest BCUT2D eigenvalue weighted by Crippen LogP contribution is 2.23. The number of benzene rings is 1. The number of nitrogens with zero attached hydrogens (tertiary/aromatic N) is 2. The Balaban J connectivity index is 0. The Morgan fingerprint density at radius 2 is 1.95 bits per heavy atom. The molecule has 1 aromatic heterocycles. The van der Waals surface area contributed by atoms with Crippen LogP contribution in [0.4, 0.5) is 11.4 Å². The molecule has 0 radical (unpaired) electrons. The number of halogens is 3. The minimum Gasteiger partial charge on any atom is -1.00 e. The summed E-state index contributed by atoms with van der Waals surface area (Å²) < 4.78 is 9.75. The van der Waals surface area contributed by atoms with Crippen molar-refractivity contribution in [2.75, 3.05) is 18.1 Å². The number of anilines is 2. The van der Waals surface area contributed by atoms with E-state index < -0.39 is 0 Å². The molecule has 0 aliphatic carbocycles. The average Bonchev–Trinajstić information content (AvgIpc) is 2.73. The summed E-state index contributed by atoms with van der Waals surface area (Å²) in [5.74, 6) is 0.697. The molecule has 0 saturated carbocycles. The molecule has 120 valence electrons. The standard InChI is InChI=1S/C13H19N4O.3ClH/c1-16-6-7-17(10-16)5-2-8-18-13-4-3-11(14)9-12(13)15;;;/h3-4,6-7,9-10H,2,5,8,14-15H2,1H3;3*1H/q+1;;;/p-1. The van der Waals surface area contributed by atoms with Gasteiger partial charge in [0.1, 0.15) is 18.1 Å². The number of hydrogen-bond acceptors (Lipinski definition) is 3. The van der Waals surface area contributed by atoms with Crippen molar-refractivity contribution in [2.24, 2.45) is 7.05 Å². The van der Waals surface area contributed by atoms with Crippen LogP contribution in [-0.2, 0) is 13.6 Å². The van der Waals surface area contributed by atoms with E-state index in [1.54, 1.807) is 18.2 Å². The van der Waals surface area contributed by atoms with Gasteiger partial charge in [0.25, 0.3) is 0 Å². The quantitative estimate of drug-likeness (QED) is 0.402. The molecule has 21 heavy (non-hydrogen) atoms. The molecule has 0 fully saturated rings. The van der Waals surface area contributed by atoms with Crippen LogP contribution in [0.2, 0.25) is 0 Å². The molecule has 1 heterocycles. The summed E-state index contributed by atoms with van der Waals surface area (Å²) >= 11 is 0. The molecule has 0 unspecified atom stereocenters. The number of nitrogen functional groups attached to an aromatic ring is 2. The highest BCUT2D eigenvalue weighted by molar-refractivity contribution is 5.85. The van der Waals surface area contributed by atoms with E-state index in [4.69, 9.17) is 16.2 Å². The van der Waals surface area contributed by atoms with Crippen molar-refractivity contribution in [1.82, 2.24) is 4.57 Å². The smallest absolute Gasteiger partial charge is 0.243 e. The largest absolute Gasteiger partial charge is 1.00 e. The fraction of sp³-hybridized carbons (Fsp3) is 0.308. The van der Waals surface area contributed by atoms with Gasteiger partial charge in [0, 0.05) is 12.1 Å². The first-order chi connectivity index (χ1) is 8.65. The first-order valence-corrected chi connectivity index (χ1v) is 5.94. The molecule has 5 nitrogen and oxygen atoms in total. The third-order valence-corrected chi connectivity index (χ3v) is 2.68. The molecular weight excluding hydrogens is 335 g/mol. The van der Waals surface area contributed by atoms with Crippen LogP contribution < -0.4 is 33.2 Å². The zero-order valence-electron chi connectivity index (χ0n) is 11.7. The second kappa shape index (κ2) is 10.4. The van der Waals surface area contributed by atoms with Gasteiger partial charge in [-0.3, -0.25) is 0 Å². The van der Waals surface area contributed by atoms with E-state index in [0.29, 0.717) is 23.7 Å². The van der Waals surface area contributed by atoms with Crippen molar-refractivity contribution in [1.29, 1.82) is 0 Å². The second-order valence-electron chi connectivity index (χ2n) is 4.32. The van der Waals surface area contributed by atoms with Gasteiger partial charge in [-0.25, -0.2) is 9.13 Å². The van der Waals surface area contributed by atoms with E-state index in [2.05, 4.69) is 4.57 Å². The van der Waals surface area contributed by atoms with Crippen LogP contribution in [0, 0.1) is 0 Å². The van der Waals surface area contributed by atoms with Gasteiger partial charge in [-0.15, -0.1) is 24.8 Å². The number of ether oxygens (including phenoxy) is 1. The number of aryl methyl sites for hydroxylation is 2. The monoisotopic (exact) mass is 354 g/mol. The summed E-state index contributed by atoms with van der Waals surface area (Å²) in [7, 11) is 2.00. The van der Waals surface area contributed by atoms with Gasteiger partial charge in [0.05, 0.1) is 25.9 Å². The molecule has 8 heteroatoms. The van der Waals surface area contributed by atoms with Crippen LogP contribution in [0.15, 0.2) is 36.9 Å². The third kappa shape index (κ3) is 6.80. The van der Waals surface area contributed by atoms with Crippen LogP contribution >= 0.6 is 24.8 Å². The van der Waals surface area contributed by atoms with Crippen LogP contribution in [0.1, 0.15) is 6.42 Å². The van der Waals surface area contributed by atoms with E-state index >= 15 is 0 Å². The number of imidazole rings is 1. The average molecular weight is 356 g/mol. The minimum absolute atomic E-state index is 0. The van der Waals surface area contributed by atoms with E-state index in [1.807, 2.05) is 30.3 Å². The maximum atomic E-state index is 5.80. The Hall–Kier alpha value is -1.30. The summed E-state index contributed by atoms with van der Waals surface area (Å²) in [6.07, 6.45) is 7.02. The van der Waals surface area contributed by atoms with Gasteiger partial charge in [-0.1, -0.05) is 0 Å². The Kier molecular flexibility index (Phi) is 10.9. The Morgan fingerprint density at radius 1 is 1.24 bits per heavy atom. The maximum Gasteiger partial charge on any atom is 0.243 e.